The summed E-state index contributed by atoms with van der Waals surface area (Å²) in [6.07, 6.45) is 0.513. The standard InChI is InChI=1S/C21H25N5O8S3/c1-3-12-35(27,28)18-9-7-16(8-10-18)24-20-22-15(2)23-21(26-20)25-17-5-4-6-19(14-17)36(29,30)13-11-34-37(31,32)33/h4-10,14H,3,11-13H2,1-2H3,(H,31,32,33)(H2,22,23,24,25,26). The molecule has 3 rings (SSSR count). The van der Waals surface area contributed by atoms with Crippen molar-refractivity contribution in [3.8, 4) is 0 Å². The zero-order chi connectivity index (χ0) is 27.3. The molecule has 0 atom stereocenters. The highest BCUT2D eigenvalue weighted by atomic mass is 32.3. The van der Waals surface area contributed by atoms with E-state index in [0.717, 1.165) is 0 Å². The second kappa shape index (κ2) is 11.5. The fourth-order valence-corrected chi connectivity index (χ4v) is 5.97. The number of hydrogen-bond donors (Lipinski definition) is 3. The van der Waals surface area contributed by atoms with Gasteiger partial charge in [-0.05, 0) is 55.8 Å². The van der Waals surface area contributed by atoms with Crippen LogP contribution in [0.25, 0.3) is 0 Å². The van der Waals surface area contributed by atoms with Crippen LogP contribution in [0, 0.1) is 6.92 Å². The molecular formula is C21H25N5O8S3. The number of hydrogen-bond acceptors (Lipinski definition) is 12. The van der Waals surface area contributed by atoms with Crippen molar-refractivity contribution in [3.05, 3.63) is 54.4 Å². The third-order valence-corrected chi connectivity index (χ3v) is 8.80. The summed E-state index contributed by atoms with van der Waals surface area (Å²) in [4.78, 5) is 12.8. The zero-order valence-corrected chi connectivity index (χ0v) is 22.3. The van der Waals surface area contributed by atoms with Gasteiger partial charge in [-0.15, -0.1) is 0 Å². The van der Waals surface area contributed by atoms with Gasteiger partial charge in [0.05, 0.1) is 27.9 Å². The number of sulfone groups is 2. The topological polar surface area (TPSA) is 195 Å². The Morgan fingerprint density at radius 3 is 1.97 bits per heavy atom. The van der Waals surface area contributed by atoms with Gasteiger partial charge in [0.1, 0.15) is 5.82 Å². The Hall–Kier alpha value is -3.18. The number of nitrogens with one attached hydrogen (secondary N) is 2. The van der Waals surface area contributed by atoms with Crippen molar-refractivity contribution in [3.63, 3.8) is 0 Å². The number of nitrogens with zero attached hydrogens (tertiary/aromatic N) is 3. The SMILES string of the molecule is CCCS(=O)(=O)c1ccc(Nc2nc(C)nc(Nc3cccc(S(=O)(=O)CCOS(=O)(=O)O)c3)n2)cc1. The first kappa shape index (κ1) is 28.4. The van der Waals surface area contributed by atoms with E-state index in [1.165, 1.54) is 30.3 Å². The first-order chi connectivity index (χ1) is 17.3. The van der Waals surface area contributed by atoms with Crippen LogP contribution >= 0.6 is 0 Å². The number of anilines is 4. The molecule has 200 valence electrons. The molecule has 37 heavy (non-hydrogen) atoms. The lowest BCUT2D eigenvalue weighted by atomic mass is 10.3. The van der Waals surface area contributed by atoms with E-state index in [2.05, 4.69) is 29.8 Å². The first-order valence-electron chi connectivity index (χ1n) is 10.8. The Labute approximate surface area is 215 Å². The molecule has 1 heterocycles. The Balaban J connectivity index is 1.75. The van der Waals surface area contributed by atoms with Gasteiger partial charge in [0.25, 0.3) is 0 Å². The lowest BCUT2D eigenvalue weighted by molar-refractivity contribution is 0.284. The molecular weight excluding hydrogens is 546 g/mol. The Kier molecular flexibility index (Phi) is 8.80. The Morgan fingerprint density at radius 1 is 0.784 bits per heavy atom. The minimum Gasteiger partial charge on any atom is -0.324 e. The van der Waals surface area contributed by atoms with Crippen LogP contribution in [0.15, 0.2) is 58.3 Å². The summed E-state index contributed by atoms with van der Waals surface area (Å²) in [6, 6.07) is 11.9. The van der Waals surface area contributed by atoms with Crippen LogP contribution in [0.1, 0.15) is 19.2 Å². The van der Waals surface area contributed by atoms with Crippen molar-refractivity contribution >= 4 is 53.3 Å². The van der Waals surface area contributed by atoms with Crippen LogP contribution in [0.3, 0.4) is 0 Å². The average Bonchev–Trinajstić information content (AvgIpc) is 2.78. The quantitative estimate of drug-likeness (QED) is 0.268. The van der Waals surface area contributed by atoms with Crippen LogP contribution in [0.2, 0.25) is 0 Å². The van der Waals surface area contributed by atoms with Gasteiger partial charge in [-0.3, -0.25) is 4.55 Å². The van der Waals surface area contributed by atoms with E-state index in [9.17, 15) is 25.3 Å². The maximum absolute atomic E-state index is 12.5. The highest BCUT2D eigenvalue weighted by Gasteiger charge is 2.17. The molecule has 0 fully saturated rings. The minimum atomic E-state index is -4.75. The van der Waals surface area contributed by atoms with Crippen molar-refractivity contribution in [1.82, 2.24) is 15.0 Å². The molecule has 3 N–H and O–H groups in total. The number of aryl methyl sites for hydroxylation is 1. The molecule has 0 unspecified atom stereocenters. The molecule has 0 aliphatic rings. The van der Waals surface area contributed by atoms with Gasteiger partial charge in [-0.25, -0.2) is 21.0 Å². The molecule has 0 aliphatic heterocycles. The third-order valence-electron chi connectivity index (χ3n) is 4.72. The molecule has 3 aromatic rings. The second-order valence-corrected chi connectivity index (χ2v) is 13.0. The molecule has 0 saturated heterocycles. The predicted octanol–water partition coefficient (Wildman–Crippen LogP) is 2.44. The lowest BCUT2D eigenvalue weighted by Crippen LogP contribution is -2.15. The summed E-state index contributed by atoms with van der Waals surface area (Å²) in [7, 11) is -12.0. The fourth-order valence-electron chi connectivity index (χ4n) is 3.12. The van der Waals surface area contributed by atoms with Crippen LogP contribution in [-0.4, -0.2) is 62.9 Å². The summed E-state index contributed by atoms with van der Waals surface area (Å²) in [5, 5.41) is 5.87. The van der Waals surface area contributed by atoms with Crippen LogP contribution in [-0.2, 0) is 34.3 Å². The summed E-state index contributed by atoms with van der Waals surface area (Å²) in [6.45, 7) is 2.68. The summed E-state index contributed by atoms with van der Waals surface area (Å²) in [5.74, 6) is 0.0238. The molecule has 1 aromatic heterocycles. The van der Waals surface area contributed by atoms with E-state index in [1.807, 2.05) is 0 Å². The van der Waals surface area contributed by atoms with Crippen LogP contribution < -0.4 is 10.6 Å². The summed E-state index contributed by atoms with van der Waals surface area (Å²) in [5.41, 5.74) is 0.881. The zero-order valence-electron chi connectivity index (χ0n) is 19.8. The van der Waals surface area contributed by atoms with E-state index in [4.69, 9.17) is 4.55 Å². The third kappa shape index (κ3) is 8.43. The van der Waals surface area contributed by atoms with Gasteiger partial charge in [0.2, 0.25) is 11.9 Å². The molecule has 0 amide bonds. The van der Waals surface area contributed by atoms with Gasteiger partial charge in [0, 0.05) is 11.4 Å². The maximum Gasteiger partial charge on any atom is 0.397 e. The number of aromatic nitrogens is 3. The van der Waals surface area contributed by atoms with E-state index in [1.54, 1.807) is 32.0 Å². The summed E-state index contributed by atoms with van der Waals surface area (Å²) < 4.78 is 83.3. The van der Waals surface area contributed by atoms with E-state index in [0.29, 0.717) is 23.6 Å². The van der Waals surface area contributed by atoms with Gasteiger partial charge in [-0.1, -0.05) is 13.0 Å². The molecule has 0 spiro atoms. The molecule has 0 bridgehead atoms. The van der Waals surface area contributed by atoms with Gasteiger partial charge in [-0.2, -0.15) is 23.4 Å². The summed E-state index contributed by atoms with van der Waals surface area (Å²) >= 11 is 0. The molecule has 13 nitrogen and oxygen atoms in total. The van der Waals surface area contributed by atoms with Crippen LogP contribution in [0.4, 0.5) is 23.3 Å². The highest BCUT2D eigenvalue weighted by molar-refractivity contribution is 7.91. The van der Waals surface area contributed by atoms with E-state index < -0.39 is 42.4 Å². The number of rotatable bonds is 12. The Bertz CT molecular complexity index is 1580. The lowest BCUT2D eigenvalue weighted by Gasteiger charge is -2.11. The van der Waals surface area contributed by atoms with Crippen LogP contribution in [0.5, 0.6) is 0 Å². The second-order valence-electron chi connectivity index (χ2n) is 7.72. The van der Waals surface area contributed by atoms with Crippen molar-refractivity contribution in [2.45, 2.75) is 30.1 Å². The monoisotopic (exact) mass is 571 g/mol. The normalized spacial score (nSPS) is 12.3. The van der Waals surface area contributed by atoms with E-state index >= 15 is 0 Å². The van der Waals surface area contributed by atoms with Crippen molar-refractivity contribution < 1.29 is 34.0 Å². The van der Waals surface area contributed by atoms with Gasteiger partial charge >= 0.3 is 10.4 Å². The average molecular weight is 572 g/mol. The van der Waals surface area contributed by atoms with Gasteiger partial charge < -0.3 is 10.6 Å². The maximum atomic E-state index is 12.5. The molecule has 0 aliphatic carbocycles. The molecule has 16 heteroatoms. The van der Waals surface area contributed by atoms with Crippen molar-refractivity contribution in [2.75, 3.05) is 28.7 Å². The van der Waals surface area contributed by atoms with E-state index in [-0.39, 0.29) is 27.4 Å². The van der Waals surface area contributed by atoms with Crippen molar-refractivity contribution in [1.29, 1.82) is 0 Å². The smallest absolute Gasteiger partial charge is 0.324 e. The molecule has 2 aromatic carbocycles. The van der Waals surface area contributed by atoms with Gasteiger partial charge in [0.15, 0.2) is 19.7 Å². The molecule has 0 saturated carbocycles. The minimum absolute atomic E-state index is 0.0579. The first-order valence-corrected chi connectivity index (χ1v) is 15.5. The number of benzene rings is 2. The predicted molar refractivity (Wildman–Crippen MR) is 136 cm³/mol. The van der Waals surface area contributed by atoms with Crippen molar-refractivity contribution in [2.24, 2.45) is 0 Å². The largest absolute Gasteiger partial charge is 0.397 e. The fraction of sp³-hybridized carbons (Fsp3) is 0.286. The molecule has 0 radical (unpaired) electrons. The Morgan fingerprint density at radius 2 is 1.38 bits per heavy atom. The highest BCUT2D eigenvalue weighted by Crippen LogP contribution is 2.22.